The van der Waals surface area contributed by atoms with Gasteiger partial charge >= 0.3 is 0 Å². The van der Waals surface area contributed by atoms with Crippen molar-refractivity contribution in [2.45, 2.75) is 33.4 Å². The summed E-state index contributed by atoms with van der Waals surface area (Å²) < 4.78 is 0. The second-order valence-corrected chi connectivity index (χ2v) is 5.88. The molecule has 1 aliphatic rings. The van der Waals surface area contributed by atoms with Crippen LogP contribution in [-0.2, 0) is 19.5 Å². The van der Waals surface area contributed by atoms with E-state index in [0.29, 0.717) is 0 Å². The van der Waals surface area contributed by atoms with Crippen molar-refractivity contribution < 1.29 is 0 Å². The number of nitrogens with zero attached hydrogens (tertiary/aromatic N) is 3. The Labute approximate surface area is 112 Å². The van der Waals surface area contributed by atoms with Crippen molar-refractivity contribution in [3.63, 3.8) is 0 Å². The largest absolute Gasteiger partial charge is 0.293 e. The predicted molar refractivity (Wildman–Crippen MR) is 73.6 cm³/mol. The van der Waals surface area contributed by atoms with Crippen molar-refractivity contribution in [1.82, 2.24) is 14.9 Å². The van der Waals surface area contributed by atoms with Crippen LogP contribution in [0.4, 0.5) is 0 Å². The van der Waals surface area contributed by atoms with Gasteiger partial charge in [-0.1, -0.05) is 0 Å². The molecule has 2 aromatic rings. The monoisotopic (exact) mass is 259 g/mol. The normalized spacial score (nSPS) is 15.7. The molecule has 0 saturated carbocycles. The zero-order valence-corrected chi connectivity index (χ0v) is 11.6. The van der Waals surface area contributed by atoms with Crippen LogP contribution in [0.15, 0.2) is 17.6 Å². The molecule has 3 heterocycles. The minimum atomic E-state index is 0.885. The van der Waals surface area contributed by atoms with Gasteiger partial charge in [0.1, 0.15) is 5.82 Å². The molecule has 0 unspecified atom stereocenters. The highest BCUT2D eigenvalue weighted by Crippen LogP contribution is 2.22. The van der Waals surface area contributed by atoms with Crippen LogP contribution in [0.25, 0.3) is 0 Å². The lowest BCUT2D eigenvalue weighted by Gasteiger charge is -2.27. The molecule has 0 amide bonds. The van der Waals surface area contributed by atoms with E-state index >= 15 is 0 Å². The molecule has 4 heteroatoms. The second-order valence-electron chi connectivity index (χ2n) is 4.88. The number of hydrogen-bond donors (Lipinski definition) is 0. The quantitative estimate of drug-likeness (QED) is 0.830. The third-order valence-electron chi connectivity index (χ3n) is 3.47. The Morgan fingerprint density at radius 2 is 2.28 bits per heavy atom. The molecular formula is C14H17N3S. The number of rotatable bonds is 2. The molecule has 2 aromatic heterocycles. The number of aromatic nitrogens is 2. The zero-order chi connectivity index (χ0) is 12.5. The van der Waals surface area contributed by atoms with E-state index in [2.05, 4.69) is 33.2 Å². The molecule has 0 atom stereocenters. The smallest absolute Gasteiger partial charge is 0.125 e. The van der Waals surface area contributed by atoms with Gasteiger partial charge in [-0.15, -0.1) is 11.3 Å². The molecule has 0 radical (unpaired) electrons. The first-order valence-electron chi connectivity index (χ1n) is 6.29. The van der Waals surface area contributed by atoms with Gasteiger partial charge in [0.15, 0.2) is 0 Å². The standard InChI is InChI=1S/C14H17N3S/c1-10-4-6-18-14(10)9-17-5-3-13-12(8-17)7-15-11(2)16-13/h4,6-7H,3,5,8-9H2,1-2H3. The van der Waals surface area contributed by atoms with E-state index in [1.807, 2.05) is 24.5 Å². The number of hydrogen-bond acceptors (Lipinski definition) is 4. The SMILES string of the molecule is Cc1ncc2c(n1)CCN(Cc1sccc1C)C2. The van der Waals surface area contributed by atoms with E-state index in [0.717, 1.165) is 31.9 Å². The van der Waals surface area contributed by atoms with Crippen molar-refractivity contribution in [2.75, 3.05) is 6.54 Å². The van der Waals surface area contributed by atoms with Crippen molar-refractivity contribution in [3.8, 4) is 0 Å². The van der Waals surface area contributed by atoms with Gasteiger partial charge in [-0.3, -0.25) is 4.90 Å². The molecule has 94 valence electrons. The van der Waals surface area contributed by atoms with Gasteiger partial charge in [-0.25, -0.2) is 9.97 Å². The summed E-state index contributed by atoms with van der Waals surface area (Å²) >= 11 is 1.85. The Bertz CT molecular complexity index is 562. The third-order valence-corrected chi connectivity index (χ3v) is 4.48. The topological polar surface area (TPSA) is 29.0 Å². The summed E-state index contributed by atoms with van der Waals surface area (Å²) in [4.78, 5) is 12.8. The van der Waals surface area contributed by atoms with Crippen LogP contribution >= 0.6 is 11.3 Å². The first-order chi connectivity index (χ1) is 8.72. The summed E-state index contributed by atoms with van der Waals surface area (Å²) in [6.45, 7) is 7.28. The fourth-order valence-electron chi connectivity index (χ4n) is 2.38. The maximum atomic E-state index is 4.53. The fourth-order valence-corrected chi connectivity index (χ4v) is 3.33. The molecule has 0 spiro atoms. The van der Waals surface area contributed by atoms with E-state index in [1.54, 1.807) is 0 Å². The minimum Gasteiger partial charge on any atom is -0.293 e. The van der Waals surface area contributed by atoms with E-state index < -0.39 is 0 Å². The van der Waals surface area contributed by atoms with E-state index in [-0.39, 0.29) is 0 Å². The Balaban J connectivity index is 1.75. The zero-order valence-electron chi connectivity index (χ0n) is 10.8. The van der Waals surface area contributed by atoms with Crippen LogP contribution in [0.1, 0.15) is 27.5 Å². The van der Waals surface area contributed by atoms with Crippen LogP contribution in [0.2, 0.25) is 0 Å². The molecule has 0 bridgehead atoms. The van der Waals surface area contributed by atoms with Crippen molar-refractivity contribution in [3.05, 3.63) is 45.2 Å². The summed E-state index contributed by atoms with van der Waals surface area (Å²) in [5.74, 6) is 0.885. The lowest BCUT2D eigenvalue weighted by molar-refractivity contribution is 0.244. The molecule has 1 aliphatic heterocycles. The average Bonchev–Trinajstić information content (AvgIpc) is 2.75. The third kappa shape index (κ3) is 2.31. The summed E-state index contributed by atoms with van der Waals surface area (Å²) in [6.07, 6.45) is 3.04. The maximum Gasteiger partial charge on any atom is 0.125 e. The van der Waals surface area contributed by atoms with Crippen LogP contribution < -0.4 is 0 Å². The van der Waals surface area contributed by atoms with Crippen molar-refractivity contribution in [1.29, 1.82) is 0 Å². The summed E-state index contributed by atoms with van der Waals surface area (Å²) in [7, 11) is 0. The molecule has 0 saturated heterocycles. The molecule has 0 aliphatic carbocycles. The molecule has 3 rings (SSSR count). The Hall–Kier alpha value is -1.26. The van der Waals surface area contributed by atoms with Crippen LogP contribution in [0, 0.1) is 13.8 Å². The lowest BCUT2D eigenvalue weighted by Crippen LogP contribution is -2.30. The average molecular weight is 259 g/mol. The Kier molecular flexibility index (Phi) is 3.14. The Morgan fingerprint density at radius 3 is 3.06 bits per heavy atom. The van der Waals surface area contributed by atoms with E-state index in [9.17, 15) is 0 Å². The van der Waals surface area contributed by atoms with Crippen LogP contribution in [0.3, 0.4) is 0 Å². The van der Waals surface area contributed by atoms with Gasteiger partial charge in [0.25, 0.3) is 0 Å². The number of aryl methyl sites for hydroxylation is 2. The highest BCUT2D eigenvalue weighted by Gasteiger charge is 2.18. The molecule has 18 heavy (non-hydrogen) atoms. The van der Waals surface area contributed by atoms with E-state index in [1.165, 1.54) is 21.7 Å². The summed E-state index contributed by atoms with van der Waals surface area (Å²) in [5, 5.41) is 2.18. The van der Waals surface area contributed by atoms with Gasteiger partial charge in [0, 0.05) is 48.4 Å². The number of fused-ring (bicyclic) bond motifs is 1. The van der Waals surface area contributed by atoms with Crippen LogP contribution in [0.5, 0.6) is 0 Å². The molecular weight excluding hydrogens is 242 g/mol. The van der Waals surface area contributed by atoms with Gasteiger partial charge < -0.3 is 0 Å². The van der Waals surface area contributed by atoms with Gasteiger partial charge in [-0.05, 0) is 30.9 Å². The first kappa shape index (κ1) is 11.8. The first-order valence-corrected chi connectivity index (χ1v) is 7.17. The predicted octanol–water partition coefficient (Wildman–Crippen LogP) is 2.71. The molecule has 0 fully saturated rings. The highest BCUT2D eigenvalue weighted by molar-refractivity contribution is 7.10. The second kappa shape index (κ2) is 4.78. The highest BCUT2D eigenvalue weighted by atomic mass is 32.1. The van der Waals surface area contributed by atoms with Crippen molar-refractivity contribution in [2.24, 2.45) is 0 Å². The summed E-state index contributed by atoms with van der Waals surface area (Å²) in [5.41, 5.74) is 3.94. The van der Waals surface area contributed by atoms with Gasteiger partial charge in [-0.2, -0.15) is 0 Å². The molecule has 3 nitrogen and oxygen atoms in total. The minimum absolute atomic E-state index is 0.885. The summed E-state index contributed by atoms with van der Waals surface area (Å²) in [6, 6.07) is 2.20. The molecule has 0 aromatic carbocycles. The molecule has 0 N–H and O–H groups in total. The van der Waals surface area contributed by atoms with E-state index in [4.69, 9.17) is 0 Å². The van der Waals surface area contributed by atoms with Crippen molar-refractivity contribution >= 4 is 11.3 Å². The fraction of sp³-hybridized carbons (Fsp3) is 0.429. The lowest BCUT2D eigenvalue weighted by atomic mass is 10.1. The Morgan fingerprint density at radius 1 is 1.39 bits per heavy atom. The number of thiophene rings is 1. The van der Waals surface area contributed by atoms with Crippen LogP contribution in [-0.4, -0.2) is 21.4 Å². The van der Waals surface area contributed by atoms with Gasteiger partial charge in [0.2, 0.25) is 0 Å². The maximum absolute atomic E-state index is 4.53. The van der Waals surface area contributed by atoms with Gasteiger partial charge in [0.05, 0.1) is 0 Å².